The number of hydrogen-bond donors (Lipinski definition) is 4. The molecule has 0 aromatic carbocycles. The summed E-state index contributed by atoms with van der Waals surface area (Å²) in [5.74, 6) is -0.824. The maximum absolute atomic E-state index is 12.0. The Bertz CT molecular complexity index is 460. The van der Waals surface area contributed by atoms with Crippen LogP contribution in [-0.4, -0.2) is 84.3 Å². The lowest BCUT2D eigenvalue weighted by Crippen LogP contribution is -2.65. The van der Waals surface area contributed by atoms with Crippen molar-refractivity contribution in [1.82, 2.24) is 25.8 Å². The zero-order valence-corrected chi connectivity index (χ0v) is 13.5. The van der Waals surface area contributed by atoms with Crippen molar-refractivity contribution in [1.29, 1.82) is 0 Å². The molecule has 4 N–H and O–H groups in total. The topological polar surface area (TPSA) is 114 Å². The van der Waals surface area contributed by atoms with Crippen molar-refractivity contribution in [3.8, 4) is 0 Å². The van der Waals surface area contributed by atoms with E-state index in [-0.39, 0.29) is 36.7 Å². The van der Waals surface area contributed by atoms with Crippen molar-refractivity contribution >= 4 is 18.0 Å². The van der Waals surface area contributed by atoms with Gasteiger partial charge in [-0.05, 0) is 19.4 Å². The third kappa shape index (κ3) is 4.47. The van der Waals surface area contributed by atoms with Gasteiger partial charge in [0.15, 0.2) is 0 Å². The minimum Gasteiger partial charge on any atom is -0.480 e. The lowest BCUT2D eigenvalue weighted by atomic mass is 9.85. The molecule has 2 fully saturated rings. The van der Waals surface area contributed by atoms with Crippen LogP contribution in [0.15, 0.2) is 0 Å². The van der Waals surface area contributed by atoms with Crippen molar-refractivity contribution in [3.05, 3.63) is 0 Å². The number of carboxylic acids is 1. The first-order valence-electron chi connectivity index (χ1n) is 7.92. The van der Waals surface area contributed by atoms with E-state index in [1.54, 1.807) is 11.9 Å². The first-order valence-corrected chi connectivity index (χ1v) is 7.92. The zero-order valence-electron chi connectivity index (χ0n) is 13.5. The van der Waals surface area contributed by atoms with Crippen LogP contribution in [0.25, 0.3) is 0 Å². The van der Waals surface area contributed by atoms with Crippen molar-refractivity contribution in [2.24, 2.45) is 0 Å². The molecule has 0 bridgehead atoms. The molecule has 1 saturated carbocycles. The fourth-order valence-electron chi connectivity index (χ4n) is 2.94. The Morgan fingerprint density at radius 1 is 1.17 bits per heavy atom. The molecule has 0 aromatic rings. The van der Waals surface area contributed by atoms with Gasteiger partial charge in [0.25, 0.3) is 0 Å². The summed E-state index contributed by atoms with van der Waals surface area (Å²) in [4.78, 5) is 37.5. The van der Waals surface area contributed by atoms with Crippen LogP contribution in [0.3, 0.4) is 0 Å². The van der Waals surface area contributed by atoms with Gasteiger partial charge in [-0.1, -0.05) is 6.92 Å². The summed E-state index contributed by atoms with van der Waals surface area (Å²) in [6.45, 7) is 3.69. The number of hydrogen-bond acceptors (Lipinski definition) is 4. The van der Waals surface area contributed by atoms with Crippen molar-refractivity contribution in [3.63, 3.8) is 0 Å². The Morgan fingerprint density at radius 2 is 1.83 bits per heavy atom. The average Bonchev–Trinajstić information content (AvgIpc) is 2.42. The molecule has 1 saturated heterocycles. The quantitative estimate of drug-likeness (QED) is 0.512. The van der Waals surface area contributed by atoms with E-state index in [1.165, 1.54) is 0 Å². The van der Waals surface area contributed by atoms with Gasteiger partial charge in [-0.3, -0.25) is 9.69 Å². The number of carbonyl (C=O) groups excluding carboxylic acids is 2. The number of carbonyl (C=O) groups is 3. The molecule has 0 spiro atoms. The predicted octanol–water partition coefficient (Wildman–Crippen LogP) is -0.753. The first-order chi connectivity index (χ1) is 10.9. The summed E-state index contributed by atoms with van der Waals surface area (Å²) in [6, 6.07) is -0.0394. The molecule has 0 unspecified atom stereocenters. The number of likely N-dealkylation sites (tertiary alicyclic amines) is 1. The molecule has 1 heterocycles. The number of carboxylic acid groups (broad SMARTS) is 1. The molecule has 4 amide bonds. The Kier molecular flexibility index (Phi) is 5.64. The molecule has 1 aliphatic carbocycles. The maximum Gasteiger partial charge on any atom is 0.317 e. The molecule has 0 radical (unpaired) electrons. The van der Waals surface area contributed by atoms with Crippen LogP contribution in [0.5, 0.6) is 0 Å². The molecular formula is C14H25N5O4. The summed E-state index contributed by atoms with van der Waals surface area (Å²) >= 11 is 0. The number of aliphatic carboxylic acids is 1. The summed E-state index contributed by atoms with van der Waals surface area (Å²) < 4.78 is 0. The number of likely N-dealkylation sites (N-methyl/N-ethyl adjacent to an activating group) is 1. The molecule has 9 heteroatoms. The average molecular weight is 327 g/mol. The minimum atomic E-state index is -0.824. The molecule has 23 heavy (non-hydrogen) atoms. The standard InChI is InChI=1S/C14H25N5O4/c1-3-18(8-12(20)21)11-4-9(5-11)17-14(23)19-6-10(7-19)16-13(22)15-2/h9-11H,3-8H2,1-2H3,(H,17,23)(H,20,21)(H2,15,16,22). The predicted molar refractivity (Wildman–Crippen MR) is 83.2 cm³/mol. The third-order valence-electron chi connectivity index (χ3n) is 4.43. The van der Waals surface area contributed by atoms with Crippen LogP contribution in [0.1, 0.15) is 19.8 Å². The largest absolute Gasteiger partial charge is 0.480 e. The van der Waals surface area contributed by atoms with E-state index < -0.39 is 5.97 Å². The molecule has 0 aromatic heterocycles. The monoisotopic (exact) mass is 327 g/mol. The Labute approximate surface area is 135 Å². The summed E-state index contributed by atoms with van der Waals surface area (Å²) in [6.07, 6.45) is 1.56. The van der Waals surface area contributed by atoms with Crippen molar-refractivity contribution in [2.75, 3.05) is 33.2 Å². The van der Waals surface area contributed by atoms with Gasteiger partial charge < -0.3 is 26.0 Å². The Morgan fingerprint density at radius 3 is 2.35 bits per heavy atom. The van der Waals surface area contributed by atoms with Gasteiger partial charge in [0.2, 0.25) is 0 Å². The summed E-state index contributed by atoms with van der Waals surface area (Å²) in [5.41, 5.74) is 0. The molecule has 9 nitrogen and oxygen atoms in total. The smallest absolute Gasteiger partial charge is 0.317 e. The second-order valence-electron chi connectivity index (χ2n) is 6.05. The fourth-order valence-corrected chi connectivity index (χ4v) is 2.94. The first kappa shape index (κ1) is 17.3. The second kappa shape index (κ2) is 7.49. The van der Waals surface area contributed by atoms with Crippen LogP contribution in [0, 0.1) is 0 Å². The molecule has 130 valence electrons. The normalized spacial score (nSPS) is 23.7. The van der Waals surface area contributed by atoms with Crippen LogP contribution < -0.4 is 16.0 Å². The molecular weight excluding hydrogens is 302 g/mol. The Balaban J connectivity index is 1.63. The lowest BCUT2D eigenvalue weighted by molar-refractivity contribution is -0.139. The number of nitrogens with zero attached hydrogens (tertiary/aromatic N) is 2. The van der Waals surface area contributed by atoms with Crippen LogP contribution >= 0.6 is 0 Å². The van der Waals surface area contributed by atoms with E-state index in [9.17, 15) is 14.4 Å². The van der Waals surface area contributed by atoms with E-state index in [1.807, 2.05) is 11.8 Å². The highest BCUT2D eigenvalue weighted by Crippen LogP contribution is 2.26. The number of amides is 4. The highest BCUT2D eigenvalue weighted by Gasteiger charge is 2.37. The van der Waals surface area contributed by atoms with Gasteiger partial charge >= 0.3 is 18.0 Å². The maximum atomic E-state index is 12.0. The molecule has 2 aliphatic rings. The minimum absolute atomic E-state index is 0.000915. The summed E-state index contributed by atoms with van der Waals surface area (Å²) in [7, 11) is 1.55. The van der Waals surface area contributed by atoms with Gasteiger partial charge in [0, 0.05) is 32.2 Å². The van der Waals surface area contributed by atoms with Gasteiger partial charge in [-0.25, -0.2) is 9.59 Å². The molecule has 1 aliphatic heterocycles. The van der Waals surface area contributed by atoms with Crippen LogP contribution in [-0.2, 0) is 4.79 Å². The number of rotatable bonds is 6. The van der Waals surface area contributed by atoms with E-state index in [4.69, 9.17) is 5.11 Å². The highest BCUT2D eigenvalue weighted by molar-refractivity contribution is 5.77. The van der Waals surface area contributed by atoms with Crippen molar-refractivity contribution < 1.29 is 19.5 Å². The fraction of sp³-hybridized carbons (Fsp3) is 0.786. The second-order valence-corrected chi connectivity index (χ2v) is 6.05. The SMILES string of the molecule is CCN(CC(=O)O)C1CC(NC(=O)N2CC(NC(=O)NC)C2)C1. The van der Waals surface area contributed by atoms with Gasteiger partial charge in [0.05, 0.1) is 12.6 Å². The van der Waals surface area contributed by atoms with E-state index >= 15 is 0 Å². The van der Waals surface area contributed by atoms with Crippen LogP contribution in [0.4, 0.5) is 9.59 Å². The third-order valence-corrected chi connectivity index (χ3v) is 4.43. The molecule has 0 atom stereocenters. The lowest BCUT2D eigenvalue weighted by Gasteiger charge is -2.45. The molecule has 2 rings (SSSR count). The van der Waals surface area contributed by atoms with Gasteiger partial charge in [-0.2, -0.15) is 0 Å². The van der Waals surface area contributed by atoms with E-state index in [0.29, 0.717) is 19.6 Å². The van der Waals surface area contributed by atoms with E-state index in [2.05, 4.69) is 16.0 Å². The number of nitrogens with one attached hydrogen (secondary N) is 3. The van der Waals surface area contributed by atoms with Crippen LogP contribution in [0.2, 0.25) is 0 Å². The number of urea groups is 2. The Hall–Kier alpha value is -2.03. The van der Waals surface area contributed by atoms with E-state index in [0.717, 1.165) is 12.8 Å². The zero-order chi connectivity index (χ0) is 17.0. The van der Waals surface area contributed by atoms with Gasteiger partial charge in [0.1, 0.15) is 0 Å². The highest BCUT2D eigenvalue weighted by atomic mass is 16.4. The van der Waals surface area contributed by atoms with Crippen molar-refractivity contribution in [2.45, 2.75) is 37.9 Å². The van der Waals surface area contributed by atoms with Gasteiger partial charge in [-0.15, -0.1) is 0 Å². The summed E-state index contributed by atoms with van der Waals surface area (Å²) in [5, 5.41) is 17.0.